The minimum absolute atomic E-state index is 0.326. The van der Waals surface area contributed by atoms with Crippen LogP contribution < -0.4 is 0 Å². The molecule has 1 aromatic carbocycles. The highest BCUT2D eigenvalue weighted by Gasteiger charge is 2.23. The zero-order valence-electron chi connectivity index (χ0n) is 13.5. The van der Waals surface area contributed by atoms with Gasteiger partial charge in [0.1, 0.15) is 12.2 Å². The van der Waals surface area contributed by atoms with Crippen LogP contribution in [-0.2, 0) is 13.0 Å². The summed E-state index contributed by atoms with van der Waals surface area (Å²) in [6, 6.07) is 10.9. The van der Waals surface area contributed by atoms with Gasteiger partial charge in [-0.15, -0.1) is 0 Å². The second-order valence-electron chi connectivity index (χ2n) is 6.09. The number of nitrogens with zero attached hydrogens (tertiary/aromatic N) is 5. The number of aromatic nitrogens is 3. The van der Waals surface area contributed by atoms with Crippen LogP contribution in [0.5, 0.6) is 0 Å². The number of benzene rings is 1. The van der Waals surface area contributed by atoms with Gasteiger partial charge in [0, 0.05) is 32.7 Å². The van der Waals surface area contributed by atoms with Crippen molar-refractivity contribution in [3.8, 4) is 0 Å². The highest BCUT2D eigenvalue weighted by molar-refractivity contribution is 5.14. The van der Waals surface area contributed by atoms with Gasteiger partial charge in [-0.3, -0.25) is 4.90 Å². The number of likely N-dealkylation sites (N-methyl/N-ethyl adjacent to an activating group) is 1. The van der Waals surface area contributed by atoms with Crippen LogP contribution in [0.15, 0.2) is 36.7 Å². The van der Waals surface area contributed by atoms with E-state index in [9.17, 15) is 0 Å². The molecular weight excluding hydrogens is 274 g/mol. The molecule has 5 nitrogen and oxygen atoms in total. The zero-order valence-corrected chi connectivity index (χ0v) is 13.5. The summed E-state index contributed by atoms with van der Waals surface area (Å²) in [6.45, 7) is 7.59. The Morgan fingerprint density at radius 2 is 1.82 bits per heavy atom. The van der Waals surface area contributed by atoms with Crippen molar-refractivity contribution in [1.29, 1.82) is 0 Å². The molecule has 0 radical (unpaired) electrons. The Bertz CT molecular complexity index is 572. The number of hydrogen-bond acceptors (Lipinski definition) is 4. The Labute approximate surface area is 132 Å². The van der Waals surface area contributed by atoms with E-state index in [-0.39, 0.29) is 0 Å². The normalized spacial score (nSPS) is 18.5. The first-order chi connectivity index (χ1) is 10.7. The molecule has 2 aromatic rings. The number of rotatable bonds is 5. The van der Waals surface area contributed by atoms with E-state index < -0.39 is 0 Å². The van der Waals surface area contributed by atoms with Crippen LogP contribution in [0.25, 0.3) is 0 Å². The quantitative estimate of drug-likeness (QED) is 0.844. The lowest BCUT2D eigenvalue weighted by Gasteiger charge is -2.36. The summed E-state index contributed by atoms with van der Waals surface area (Å²) in [5.74, 6) is 1.08. The van der Waals surface area contributed by atoms with Crippen LogP contribution in [0.1, 0.15) is 24.4 Å². The molecule has 1 atom stereocenters. The number of piperazine rings is 1. The molecule has 1 aliphatic heterocycles. The van der Waals surface area contributed by atoms with Gasteiger partial charge < -0.3 is 4.90 Å². The van der Waals surface area contributed by atoms with Gasteiger partial charge in [0.2, 0.25) is 0 Å². The molecule has 0 bridgehead atoms. The predicted octanol–water partition coefficient (Wildman–Crippen LogP) is 1.83. The van der Waals surface area contributed by atoms with E-state index in [0.717, 1.165) is 45.0 Å². The average molecular weight is 299 g/mol. The van der Waals surface area contributed by atoms with Gasteiger partial charge in [-0.05, 0) is 26.0 Å². The molecule has 1 aromatic heterocycles. The predicted molar refractivity (Wildman–Crippen MR) is 87.7 cm³/mol. The zero-order chi connectivity index (χ0) is 15.4. The standard InChI is InChI=1S/C17H25N5/c1-15(21-12-10-20(2)11-13-21)17-18-14-19-22(17)9-8-16-6-4-3-5-7-16/h3-7,14-15H,8-13H2,1-2H3/t15-/m0/s1. The van der Waals surface area contributed by atoms with Crippen LogP contribution in [0.3, 0.4) is 0 Å². The molecule has 22 heavy (non-hydrogen) atoms. The molecule has 0 saturated carbocycles. The Morgan fingerprint density at radius 1 is 1.09 bits per heavy atom. The van der Waals surface area contributed by atoms with Crippen molar-refractivity contribution in [2.45, 2.75) is 25.9 Å². The molecule has 1 fully saturated rings. The maximum absolute atomic E-state index is 4.52. The molecule has 2 heterocycles. The monoisotopic (exact) mass is 299 g/mol. The van der Waals surface area contributed by atoms with E-state index in [1.54, 1.807) is 6.33 Å². The van der Waals surface area contributed by atoms with E-state index >= 15 is 0 Å². The van der Waals surface area contributed by atoms with Gasteiger partial charge >= 0.3 is 0 Å². The van der Waals surface area contributed by atoms with Crippen molar-refractivity contribution in [1.82, 2.24) is 24.6 Å². The lowest BCUT2D eigenvalue weighted by molar-refractivity contribution is 0.113. The summed E-state index contributed by atoms with van der Waals surface area (Å²) >= 11 is 0. The number of aryl methyl sites for hydroxylation is 2. The first-order valence-electron chi connectivity index (χ1n) is 8.08. The van der Waals surface area contributed by atoms with Crippen LogP contribution >= 0.6 is 0 Å². The lowest BCUT2D eigenvalue weighted by Crippen LogP contribution is -2.45. The molecule has 5 heteroatoms. The van der Waals surface area contributed by atoms with Gasteiger partial charge in [-0.25, -0.2) is 9.67 Å². The van der Waals surface area contributed by atoms with E-state index in [2.05, 4.69) is 68.9 Å². The Kier molecular flexibility index (Phi) is 4.85. The number of hydrogen-bond donors (Lipinski definition) is 0. The largest absolute Gasteiger partial charge is 0.304 e. The first-order valence-corrected chi connectivity index (χ1v) is 8.08. The van der Waals surface area contributed by atoms with Crippen molar-refractivity contribution in [2.75, 3.05) is 33.2 Å². The van der Waals surface area contributed by atoms with Crippen LogP contribution in [0, 0.1) is 0 Å². The summed E-state index contributed by atoms with van der Waals surface area (Å²) in [5, 5.41) is 4.43. The summed E-state index contributed by atoms with van der Waals surface area (Å²) in [7, 11) is 2.18. The highest BCUT2D eigenvalue weighted by Crippen LogP contribution is 2.19. The summed E-state index contributed by atoms with van der Waals surface area (Å²) < 4.78 is 2.07. The fraction of sp³-hybridized carbons (Fsp3) is 0.529. The third-order valence-electron chi connectivity index (χ3n) is 4.56. The fourth-order valence-electron chi connectivity index (χ4n) is 3.02. The molecule has 0 spiro atoms. The maximum Gasteiger partial charge on any atom is 0.143 e. The molecular formula is C17H25N5. The van der Waals surface area contributed by atoms with Crippen molar-refractivity contribution in [3.05, 3.63) is 48.0 Å². The van der Waals surface area contributed by atoms with Crippen LogP contribution in [0.4, 0.5) is 0 Å². The fourth-order valence-corrected chi connectivity index (χ4v) is 3.02. The molecule has 0 amide bonds. The average Bonchev–Trinajstić information content (AvgIpc) is 3.02. The maximum atomic E-state index is 4.52. The second-order valence-corrected chi connectivity index (χ2v) is 6.09. The van der Waals surface area contributed by atoms with Crippen molar-refractivity contribution in [2.24, 2.45) is 0 Å². The van der Waals surface area contributed by atoms with E-state index in [1.807, 2.05) is 0 Å². The lowest BCUT2D eigenvalue weighted by atomic mass is 10.1. The summed E-state index contributed by atoms with van der Waals surface area (Å²) in [4.78, 5) is 9.40. The third-order valence-corrected chi connectivity index (χ3v) is 4.56. The first kappa shape index (κ1) is 15.2. The van der Waals surface area contributed by atoms with Crippen molar-refractivity contribution < 1.29 is 0 Å². The molecule has 0 aliphatic carbocycles. The van der Waals surface area contributed by atoms with E-state index in [1.165, 1.54) is 5.56 Å². The highest BCUT2D eigenvalue weighted by atomic mass is 15.4. The van der Waals surface area contributed by atoms with Gasteiger partial charge in [0.05, 0.1) is 6.04 Å². The Hall–Kier alpha value is -1.72. The van der Waals surface area contributed by atoms with Gasteiger partial charge in [0.25, 0.3) is 0 Å². The molecule has 1 saturated heterocycles. The minimum atomic E-state index is 0.326. The summed E-state index contributed by atoms with van der Waals surface area (Å²) in [5.41, 5.74) is 1.34. The molecule has 0 unspecified atom stereocenters. The SMILES string of the molecule is C[C@@H](c1ncnn1CCc1ccccc1)N1CCN(C)CC1. The van der Waals surface area contributed by atoms with Gasteiger partial charge in [-0.2, -0.15) is 5.10 Å². The summed E-state index contributed by atoms with van der Waals surface area (Å²) in [6.07, 6.45) is 2.68. The minimum Gasteiger partial charge on any atom is -0.304 e. The Morgan fingerprint density at radius 3 is 2.55 bits per heavy atom. The van der Waals surface area contributed by atoms with Crippen LogP contribution in [-0.4, -0.2) is 57.8 Å². The Balaban J connectivity index is 1.64. The van der Waals surface area contributed by atoms with E-state index in [4.69, 9.17) is 0 Å². The molecule has 1 aliphatic rings. The van der Waals surface area contributed by atoms with E-state index in [0.29, 0.717) is 6.04 Å². The molecule has 3 rings (SSSR count). The van der Waals surface area contributed by atoms with Gasteiger partial charge in [-0.1, -0.05) is 30.3 Å². The molecule has 118 valence electrons. The topological polar surface area (TPSA) is 37.2 Å². The second kappa shape index (κ2) is 7.03. The molecule has 0 N–H and O–H groups in total. The third kappa shape index (κ3) is 3.54. The van der Waals surface area contributed by atoms with Crippen molar-refractivity contribution >= 4 is 0 Å². The van der Waals surface area contributed by atoms with Gasteiger partial charge in [0.15, 0.2) is 0 Å². The van der Waals surface area contributed by atoms with Crippen LogP contribution in [0.2, 0.25) is 0 Å². The smallest absolute Gasteiger partial charge is 0.143 e. The van der Waals surface area contributed by atoms with Crippen molar-refractivity contribution in [3.63, 3.8) is 0 Å².